The maximum Gasteiger partial charge on any atom is 0.331 e. The average Bonchev–Trinajstić information content (AvgIpc) is 3.41. The fourth-order valence-corrected chi connectivity index (χ4v) is 4.72. The Balaban J connectivity index is 1.36. The standard InChI is InChI=1S/C26H29N7O3/c1-15(2)33-17(4)11-24(30-33)29-26(35)31-9-8-19-12-20(6-7-23(19)31)36-25-21-10-16(3)32(18(5)34)13-22(21)27-14-28-25/h6-9,11-12,14-16H,10,13H2,1-5H3,(H,29,30,35)/t16-/m0/s1. The summed E-state index contributed by atoms with van der Waals surface area (Å²) in [6, 6.07) is 9.20. The molecular formula is C26H29N7O3. The quantitative estimate of drug-likeness (QED) is 0.448. The Morgan fingerprint density at radius 2 is 1.97 bits per heavy atom. The van der Waals surface area contributed by atoms with Gasteiger partial charge in [0.05, 0.1) is 17.8 Å². The summed E-state index contributed by atoms with van der Waals surface area (Å²) in [5, 5.41) is 8.20. The monoisotopic (exact) mass is 487 g/mol. The summed E-state index contributed by atoms with van der Waals surface area (Å²) in [6.45, 7) is 10.1. The van der Waals surface area contributed by atoms with Gasteiger partial charge in [-0.25, -0.2) is 14.8 Å². The van der Waals surface area contributed by atoms with Crippen LogP contribution in [0.25, 0.3) is 10.9 Å². The minimum Gasteiger partial charge on any atom is -0.439 e. The molecule has 186 valence electrons. The number of fused-ring (bicyclic) bond motifs is 2. The van der Waals surface area contributed by atoms with Crippen LogP contribution < -0.4 is 10.1 Å². The van der Waals surface area contributed by atoms with Crippen LogP contribution >= 0.6 is 0 Å². The van der Waals surface area contributed by atoms with Crippen molar-refractivity contribution in [1.82, 2.24) is 29.2 Å². The van der Waals surface area contributed by atoms with Gasteiger partial charge in [-0.2, -0.15) is 5.10 Å². The predicted molar refractivity (Wildman–Crippen MR) is 135 cm³/mol. The van der Waals surface area contributed by atoms with E-state index in [0.717, 1.165) is 27.9 Å². The number of hydrogen-bond acceptors (Lipinski definition) is 6. The molecule has 10 nitrogen and oxygen atoms in total. The van der Waals surface area contributed by atoms with Gasteiger partial charge in [0, 0.05) is 47.9 Å². The van der Waals surface area contributed by atoms with Crippen LogP contribution in [0.1, 0.15) is 50.7 Å². The summed E-state index contributed by atoms with van der Waals surface area (Å²) in [7, 11) is 0. The van der Waals surface area contributed by atoms with E-state index in [1.165, 1.54) is 6.33 Å². The topological polar surface area (TPSA) is 107 Å². The van der Waals surface area contributed by atoms with E-state index in [1.807, 2.05) is 62.7 Å². The molecule has 0 saturated carbocycles. The lowest BCUT2D eigenvalue weighted by atomic mass is 9.99. The Bertz CT molecular complexity index is 1470. The Labute approximate surface area is 208 Å². The Kier molecular flexibility index (Phi) is 5.95. The van der Waals surface area contributed by atoms with Crippen LogP contribution in [0.3, 0.4) is 0 Å². The average molecular weight is 488 g/mol. The van der Waals surface area contributed by atoms with E-state index in [9.17, 15) is 9.59 Å². The summed E-state index contributed by atoms with van der Waals surface area (Å²) >= 11 is 0. The maximum absolute atomic E-state index is 12.9. The second kappa shape index (κ2) is 9.10. The number of amides is 2. The Morgan fingerprint density at radius 1 is 1.17 bits per heavy atom. The molecule has 1 aliphatic heterocycles. The van der Waals surface area contributed by atoms with Crippen molar-refractivity contribution in [3.63, 3.8) is 0 Å². The molecule has 0 radical (unpaired) electrons. The molecule has 1 aromatic carbocycles. The molecule has 36 heavy (non-hydrogen) atoms. The van der Waals surface area contributed by atoms with Gasteiger partial charge in [0.1, 0.15) is 12.1 Å². The van der Waals surface area contributed by atoms with Gasteiger partial charge in [-0.15, -0.1) is 0 Å². The van der Waals surface area contributed by atoms with Crippen molar-refractivity contribution in [3.05, 3.63) is 59.8 Å². The summed E-state index contributed by atoms with van der Waals surface area (Å²) in [5.41, 5.74) is 3.44. The molecule has 1 aliphatic rings. The highest BCUT2D eigenvalue weighted by Gasteiger charge is 2.28. The summed E-state index contributed by atoms with van der Waals surface area (Å²) in [6.07, 6.45) is 3.81. The zero-order valence-corrected chi connectivity index (χ0v) is 21.0. The van der Waals surface area contributed by atoms with Crippen LogP contribution in [-0.2, 0) is 17.8 Å². The van der Waals surface area contributed by atoms with Gasteiger partial charge in [0.15, 0.2) is 5.82 Å². The number of hydrogen-bond donors (Lipinski definition) is 1. The summed E-state index contributed by atoms with van der Waals surface area (Å²) in [4.78, 5) is 35.4. The summed E-state index contributed by atoms with van der Waals surface area (Å²) < 4.78 is 9.58. The summed E-state index contributed by atoms with van der Waals surface area (Å²) in [5.74, 6) is 1.63. The molecule has 0 spiro atoms. The molecule has 1 N–H and O–H groups in total. The van der Waals surface area contributed by atoms with Crippen molar-refractivity contribution in [2.24, 2.45) is 0 Å². The second-order valence-electron chi connectivity index (χ2n) is 9.45. The van der Waals surface area contributed by atoms with Crippen LogP contribution in [0.15, 0.2) is 42.9 Å². The third-order valence-electron chi connectivity index (χ3n) is 6.49. The van der Waals surface area contributed by atoms with E-state index in [2.05, 4.69) is 20.4 Å². The van der Waals surface area contributed by atoms with E-state index in [1.54, 1.807) is 22.6 Å². The zero-order valence-electron chi connectivity index (χ0n) is 21.0. The van der Waals surface area contributed by atoms with Gasteiger partial charge in [-0.1, -0.05) is 0 Å². The van der Waals surface area contributed by atoms with E-state index in [-0.39, 0.29) is 24.0 Å². The lowest BCUT2D eigenvalue weighted by Crippen LogP contribution is -2.41. The van der Waals surface area contributed by atoms with Crippen LogP contribution in [0.2, 0.25) is 0 Å². The van der Waals surface area contributed by atoms with E-state index in [0.29, 0.717) is 30.4 Å². The Hall–Kier alpha value is -4.21. The molecule has 3 aromatic heterocycles. The molecule has 0 fully saturated rings. The first kappa shape index (κ1) is 23.5. The van der Waals surface area contributed by atoms with Crippen molar-refractivity contribution < 1.29 is 14.3 Å². The predicted octanol–water partition coefficient (Wildman–Crippen LogP) is 4.68. The SMILES string of the molecule is CC(=O)N1Cc2ncnc(Oc3ccc4c(ccn4C(=O)Nc4cc(C)n(C(C)C)n4)c3)c2C[C@@H]1C. The lowest BCUT2D eigenvalue weighted by Gasteiger charge is -2.33. The van der Waals surface area contributed by atoms with Gasteiger partial charge in [-0.05, 0) is 58.4 Å². The molecular weight excluding hydrogens is 458 g/mol. The first-order valence-corrected chi connectivity index (χ1v) is 12.0. The van der Waals surface area contributed by atoms with Gasteiger partial charge in [-0.3, -0.25) is 19.4 Å². The van der Waals surface area contributed by atoms with Gasteiger partial charge in [0.2, 0.25) is 11.8 Å². The molecule has 0 aliphatic carbocycles. The molecule has 1 atom stereocenters. The minimum atomic E-state index is -0.291. The number of aryl methyl sites for hydroxylation is 1. The van der Waals surface area contributed by atoms with Crippen LogP contribution in [0, 0.1) is 6.92 Å². The number of benzene rings is 1. The normalized spacial score (nSPS) is 15.3. The van der Waals surface area contributed by atoms with Crippen molar-refractivity contribution in [1.29, 1.82) is 0 Å². The number of nitrogens with one attached hydrogen (secondary N) is 1. The number of aromatic nitrogens is 5. The number of ether oxygens (including phenoxy) is 1. The highest BCUT2D eigenvalue weighted by Crippen LogP contribution is 2.32. The van der Waals surface area contributed by atoms with Crippen LogP contribution in [-0.4, -0.2) is 47.2 Å². The molecule has 0 saturated heterocycles. The van der Waals surface area contributed by atoms with E-state index >= 15 is 0 Å². The molecule has 0 bridgehead atoms. The minimum absolute atomic E-state index is 0.0247. The van der Waals surface area contributed by atoms with Crippen LogP contribution in [0.5, 0.6) is 11.6 Å². The molecule has 5 rings (SSSR count). The van der Waals surface area contributed by atoms with Crippen molar-refractivity contribution in [3.8, 4) is 11.6 Å². The van der Waals surface area contributed by atoms with Crippen molar-refractivity contribution in [2.75, 3.05) is 5.32 Å². The lowest BCUT2D eigenvalue weighted by molar-refractivity contribution is -0.132. The van der Waals surface area contributed by atoms with E-state index in [4.69, 9.17) is 4.74 Å². The van der Waals surface area contributed by atoms with Crippen molar-refractivity contribution >= 4 is 28.7 Å². The van der Waals surface area contributed by atoms with Crippen LogP contribution in [0.4, 0.5) is 10.6 Å². The number of carbonyl (C=O) groups excluding carboxylic acids is 2. The number of nitrogens with zero attached hydrogens (tertiary/aromatic N) is 6. The number of anilines is 1. The number of carbonyl (C=O) groups is 2. The fraction of sp³-hybridized carbons (Fsp3) is 0.346. The third-order valence-corrected chi connectivity index (χ3v) is 6.49. The maximum atomic E-state index is 12.9. The van der Waals surface area contributed by atoms with Gasteiger partial charge >= 0.3 is 6.03 Å². The molecule has 4 aromatic rings. The Morgan fingerprint density at radius 3 is 2.69 bits per heavy atom. The first-order valence-electron chi connectivity index (χ1n) is 12.0. The van der Waals surface area contributed by atoms with Gasteiger partial charge < -0.3 is 9.64 Å². The molecule has 0 unspecified atom stereocenters. The number of rotatable bonds is 4. The first-order chi connectivity index (χ1) is 17.2. The smallest absolute Gasteiger partial charge is 0.331 e. The third kappa shape index (κ3) is 4.30. The molecule has 2 amide bonds. The van der Waals surface area contributed by atoms with E-state index < -0.39 is 0 Å². The highest BCUT2D eigenvalue weighted by molar-refractivity contribution is 5.98. The molecule has 4 heterocycles. The fourth-order valence-electron chi connectivity index (χ4n) is 4.72. The zero-order chi connectivity index (χ0) is 25.6. The van der Waals surface area contributed by atoms with Crippen molar-refractivity contribution in [2.45, 2.75) is 59.7 Å². The molecule has 10 heteroatoms. The largest absolute Gasteiger partial charge is 0.439 e. The second-order valence-corrected chi connectivity index (χ2v) is 9.45. The highest BCUT2D eigenvalue weighted by atomic mass is 16.5. The van der Waals surface area contributed by atoms with Gasteiger partial charge in [0.25, 0.3) is 0 Å².